The second-order valence-corrected chi connectivity index (χ2v) is 8.63. The molecule has 0 spiro atoms. The number of hydrogen-bond donors (Lipinski definition) is 9. The maximum Gasteiger partial charge on any atom is 0.328 e. The van der Waals surface area contributed by atoms with Crippen LogP contribution in [0.3, 0.4) is 0 Å². The molecule has 0 aromatic heterocycles. The Morgan fingerprint density at radius 2 is 1.76 bits per heavy atom. The number of nitrogens with two attached hydrogens (primary N) is 1. The number of nitrogens with one attached hydrogen (secondary N) is 6. The molecule has 1 fully saturated rings. The van der Waals surface area contributed by atoms with Crippen LogP contribution < -0.4 is 32.3 Å². The molecule has 0 aromatic rings. The van der Waals surface area contributed by atoms with Gasteiger partial charge in [-0.3, -0.25) is 19.8 Å². The maximum atomic E-state index is 13.1. The Morgan fingerprint density at radius 3 is 2.26 bits per heavy atom. The monoisotopic (exact) mass is 485 g/mol. The Morgan fingerprint density at radius 1 is 1.12 bits per heavy atom. The van der Waals surface area contributed by atoms with Crippen LogP contribution in [0, 0.1) is 11.3 Å². The summed E-state index contributed by atoms with van der Waals surface area (Å²) in [6, 6.07) is -3.95. The number of aliphatic carboxylic acids is 1. The van der Waals surface area contributed by atoms with E-state index in [9.17, 15) is 29.4 Å². The van der Waals surface area contributed by atoms with Gasteiger partial charge in [-0.1, -0.05) is 20.3 Å². The minimum Gasteiger partial charge on any atom is -0.480 e. The van der Waals surface area contributed by atoms with Gasteiger partial charge in [-0.25, -0.2) is 4.79 Å². The Labute approximate surface area is 199 Å². The van der Waals surface area contributed by atoms with Gasteiger partial charge in [0.05, 0.1) is 12.1 Å². The van der Waals surface area contributed by atoms with Crippen molar-refractivity contribution in [3.05, 3.63) is 0 Å². The first-order valence-electron chi connectivity index (χ1n) is 11.6. The van der Waals surface area contributed by atoms with Crippen molar-refractivity contribution in [1.29, 1.82) is 5.41 Å². The van der Waals surface area contributed by atoms with Crippen LogP contribution in [-0.2, 0) is 19.2 Å². The fourth-order valence-electron chi connectivity index (χ4n) is 3.57. The summed E-state index contributed by atoms with van der Waals surface area (Å²) in [6.07, 6.45) is 1.32. The first kappa shape index (κ1) is 29.1. The molecule has 1 aliphatic heterocycles. The van der Waals surface area contributed by atoms with Crippen LogP contribution in [0.1, 0.15) is 52.9 Å². The first-order chi connectivity index (χ1) is 16.0. The summed E-state index contributed by atoms with van der Waals surface area (Å²) in [6.45, 7) is 5.82. The lowest BCUT2D eigenvalue weighted by Crippen LogP contribution is -2.59. The molecular formula is C21H39N7O6. The van der Waals surface area contributed by atoms with E-state index in [2.05, 4.69) is 26.6 Å². The van der Waals surface area contributed by atoms with Crippen LogP contribution >= 0.6 is 0 Å². The lowest BCUT2D eigenvalue weighted by Gasteiger charge is -2.28. The van der Waals surface area contributed by atoms with Crippen LogP contribution in [0.5, 0.6) is 0 Å². The fourth-order valence-corrected chi connectivity index (χ4v) is 3.57. The van der Waals surface area contributed by atoms with Crippen molar-refractivity contribution in [3.63, 3.8) is 0 Å². The lowest BCUT2D eigenvalue weighted by atomic mass is 9.96. The summed E-state index contributed by atoms with van der Waals surface area (Å²) in [5.41, 5.74) is 5.27. The van der Waals surface area contributed by atoms with Gasteiger partial charge in [-0.2, -0.15) is 0 Å². The number of carboxylic acids is 1. The maximum absolute atomic E-state index is 13.1. The molecule has 194 valence electrons. The third-order valence-electron chi connectivity index (χ3n) is 5.83. The van der Waals surface area contributed by atoms with Gasteiger partial charge in [-0.05, 0) is 45.1 Å². The van der Waals surface area contributed by atoms with Crippen molar-refractivity contribution in [2.45, 2.75) is 83.1 Å². The quantitative estimate of drug-likeness (QED) is 0.0751. The number of guanidine groups is 1. The molecule has 0 aliphatic carbocycles. The zero-order valence-corrected chi connectivity index (χ0v) is 20.0. The molecular weight excluding hydrogens is 446 g/mol. The van der Waals surface area contributed by atoms with E-state index in [1.807, 2.05) is 6.92 Å². The molecule has 10 N–H and O–H groups in total. The van der Waals surface area contributed by atoms with Crippen molar-refractivity contribution < 1.29 is 29.4 Å². The molecule has 0 unspecified atom stereocenters. The highest BCUT2D eigenvalue weighted by atomic mass is 16.4. The molecule has 0 saturated carbocycles. The van der Waals surface area contributed by atoms with Gasteiger partial charge in [0, 0.05) is 6.54 Å². The number of aliphatic hydroxyl groups excluding tert-OH is 1. The zero-order chi connectivity index (χ0) is 25.8. The fraction of sp³-hybridized carbons (Fsp3) is 0.762. The topological polar surface area (TPSA) is 219 Å². The van der Waals surface area contributed by atoms with Gasteiger partial charge < -0.3 is 42.5 Å². The van der Waals surface area contributed by atoms with E-state index >= 15 is 0 Å². The van der Waals surface area contributed by atoms with Crippen molar-refractivity contribution in [2.75, 3.05) is 13.1 Å². The van der Waals surface area contributed by atoms with E-state index in [1.165, 1.54) is 6.92 Å². The third kappa shape index (κ3) is 9.51. The van der Waals surface area contributed by atoms with E-state index in [-0.39, 0.29) is 24.2 Å². The number of carboxylic acid groups (broad SMARTS) is 1. The molecule has 1 saturated heterocycles. The van der Waals surface area contributed by atoms with Crippen LogP contribution in [0.4, 0.5) is 0 Å². The summed E-state index contributed by atoms with van der Waals surface area (Å²) in [5, 5.41) is 39.5. The SMILES string of the molecule is CC[C@H](C)[C@H](NC(=O)[C@H](CCCNC(=N)N)NC(=O)[C@@H]1CCCN1)C(=O)N[C@H](C(=O)O)[C@@H](C)O. The van der Waals surface area contributed by atoms with Gasteiger partial charge >= 0.3 is 5.97 Å². The predicted molar refractivity (Wildman–Crippen MR) is 125 cm³/mol. The van der Waals surface area contributed by atoms with Crippen LogP contribution in [-0.4, -0.2) is 83.2 Å². The van der Waals surface area contributed by atoms with Gasteiger partial charge in [-0.15, -0.1) is 0 Å². The minimum absolute atomic E-state index is 0.209. The minimum atomic E-state index is -1.53. The Kier molecular flexibility index (Phi) is 12.3. The van der Waals surface area contributed by atoms with E-state index in [0.717, 1.165) is 6.42 Å². The van der Waals surface area contributed by atoms with E-state index in [1.54, 1.807) is 6.92 Å². The molecule has 13 nitrogen and oxygen atoms in total. The van der Waals surface area contributed by atoms with Gasteiger partial charge in [0.1, 0.15) is 12.1 Å². The average Bonchev–Trinajstić information content (AvgIpc) is 3.31. The molecule has 3 amide bonds. The Hall–Kier alpha value is -2.93. The molecule has 0 aromatic carbocycles. The van der Waals surface area contributed by atoms with Gasteiger partial charge in [0.25, 0.3) is 0 Å². The van der Waals surface area contributed by atoms with Crippen molar-refractivity contribution >= 4 is 29.7 Å². The number of carbonyl (C=O) groups excluding carboxylic acids is 3. The second-order valence-electron chi connectivity index (χ2n) is 8.63. The normalized spacial score (nSPS) is 19.7. The first-order valence-corrected chi connectivity index (χ1v) is 11.6. The zero-order valence-electron chi connectivity index (χ0n) is 20.0. The smallest absolute Gasteiger partial charge is 0.328 e. The number of amides is 3. The van der Waals surface area contributed by atoms with Crippen LogP contribution in [0.25, 0.3) is 0 Å². The van der Waals surface area contributed by atoms with Crippen molar-refractivity contribution in [3.8, 4) is 0 Å². The summed E-state index contributed by atoms with van der Waals surface area (Å²) in [7, 11) is 0. The highest BCUT2D eigenvalue weighted by Gasteiger charge is 2.34. The molecule has 1 rings (SSSR count). The molecule has 0 radical (unpaired) electrons. The molecule has 0 bridgehead atoms. The average molecular weight is 486 g/mol. The highest BCUT2D eigenvalue weighted by molar-refractivity contribution is 5.94. The summed E-state index contributed by atoms with van der Waals surface area (Å²) in [5.74, 6) is -3.60. The van der Waals surface area contributed by atoms with E-state index < -0.39 is 48.1 Å². The van der Waals surface area contributed by atoms with Crippen molar-refractivity contribution in [1.82, 2.24) is 26.6 Å². The Bertz CT molecular complexity index is 726. The Balaban J connectivity index is 2.95. The van der Waals surface area contributed by atoms with Crippen LogP contribution in [0.2, 0.25) is 0 Å². The van der Waals surface area contributed by atoms with Gasteiger partial charge in [0.15, 0.2) is 12.0 Å². The summed E-state index contributed by atoms with van der Waals surface area (Å²) in [4.78, 5) is 49.9. The van der Waals surface area contributed by atoms with E-state index in [0.29, 0.717) is 32.4 Å². The van der Waals surface area contributed by atoms with E-state index in [4.69, 9.17) is 11.1 Å². The molecule has 34 heavy (non-hydrogen) atoms. The summed E-state index contributed by atoms with van der Waals surface area (Å²) >= 11 is 0. The standard InChI is InChI=1S/C21H39N7O6/c1-4-11(2)15(19(32)28-16(12(3)29)20(33)34)27-18(31)14(8-6-10-25-21(22)23)26-17(30)13-7-5-9-24-13/h11-16,24,29H,4-10H2,1-3H3,(H,26,30)(H,27,31)(H,28,32)(H,33,34)(H4,22,23,25)/t11-,12+,13-,14-,15-,16-/m0/s1. The number of aliphatic hydroxyl groups is 1. The van der Waals surface area contributed by atoms with Crippen LogP contribution in [0.15, 0.2) is 0 Å². The lowest BCUT2D eigenvalue weighted by molar-refractivity contribution is -0.145. The second kappa shape index (κ2) is 14.4. The molecule has 6 atom stereocenters. The number of hydrogen-bond acceptors (Lipinski definition) is 7. The summed E-state index contributed by atoms with van der Waals surface area (Å²) < 4.78 is 0. The molecule has 13 heteroatoms. The third-order valence-corrected chi connectivity index (χ3v) is 5.83. The largest absolute Gasteiger partial charge is 0.480 e. The number of rotatable bonds is 14. The molecule has 1 heterocycles. The number of carbonyl (C=O) groups is 4. The molecule has 1 aliphatic rings. The van der Waals surface area contributed by atoms with Crippen molar-refractivity contribution in [2.24, 2.45) is 11.7 Å². The highest BCUT2D eigenvalue weighted by Crippen LogP contribution is 2.11. The van der Waals surface area contributed by atoms with Gasteiger partial charge in [0.2, 0.25) is 17.7 Å². The predicted octanol–water partition coefficient (Wildman–Crippen LogP) is -2.03.